The average Bonchev–Trinajstić information content (AvgIpc) is 3.29. The highest BCUT2D eigenvalue weighted by atomic mass is 35.5. The van der Waals surface area contributed by atoms with Crippen LogP contribution in [0.4, 0.5) is 10.6 Å². The summed E-state index contributed by atoms with van der Waals surface area (Å²) in [6.07, 6.45) is 1.69. The van der Waals surface area contributed by atoms with Crippen LogP contribution in [0.3, 0.4) is 0 Å². The number of carboxylic acid groups (broad SMARTS) is 1. The van der Waals surface area contributed by atoms with E-state index in [-0.39, 0.29) is 30.2 Å². The van der Waals surface area contributed by atoms with Gasteiger partial charge in [0.25, 0.3) is 0 Å². The van der Waals surface area contributed by atoms with E-state index in [1.807, 2.05) is 32.0 Å². The van der Waals surface area contributed by atoms with Gasteiger partial charge in [0.1, 0.15) is 17.4 Å². The molecule has 2 fully saturated rings. The molecule has 2 aliphatic heterocycles. The average molecular weight is 496 g/mol. The first kappa shape index (κ1) is 25.0. The summed E-state index contributed by atoms with van der Waals surface area (Å²) in [5, 5.41) is 23.2. The molecule has 0 bridgehead atoms. The van der Waals surface area contributed by atoms with Gasteiger partial charge in [-0.1, -0.05) is 23.7 Å². The number of Topliss-reactive ketones (excluding diaryl/α,β-unsaturated/α-hetero) is 1. The summed E-state index contributed by atoms with van der Waals surface area (Å²) in [4.78, 5) is 34.7. The lowest BCUT2D eigenvalue weighted by Crippen LogP contribution is -2.65. The molecule has 9 heteroatoms. The number of aromatic nitrogens is 1. The molecule has 2 aliphatic rings. The molecule has 8 nitrogen and oxygen atoms in total. The molecule has 1 aromatic heterocycles. The first-order chi connectivity index (χ1) is 16.8. The zero-order chi connectivity index (χ0) is 25.2. The van der Waals surface area contributed by atoms with E-state index in [4.69, 9.17) is 16.9 Å². The maximum atomic E-state index is 14.3. The van der Waals surface area contributed by atoms with Crippen LogP contribution in [0.5, 0.6) is 0 Å². The van der Waals surface area contributed by atoms with Gasteiger partial charge >= 0.3 is 6.09 Å². The van der Waals surface area contributed by atoms with Crippen molar-refractivity contribution in [2.24, 2.45) is 5.92 Å². The second kappa shape index (κ2) is 10.2. The highest BCUT2D eigenvalue weighted by Gasteiger charge is 2.57. The lowest BCUT2D eigenvalue weighted by atomic mass is 9.71. The zero-order valence-corrected chi connectivity index (χ0v) is 20.7. The molecule has 3 heterocycles. The number of carbonyl (C=O) groups is 2. The minimum atomic E-state index is -1.20. The number of ketones is 1. The van der Waals surface area contributed by atoms with Crippen LogP contribution in [0.2, 0.25) is 5.02 Å². The van der Waals surface area contributed by atoms with Gasteiger partial charge in [-0.05, 0) is 56.5 Å². The lowest BCUT2D eigenvalue weighted by Gasteiger charge is -2.47. The molecule has 0 saturated carbocycles. The highest BCUT2D eigenvalue weighted by molar-refractivity contribution is 6.30. The van der Waals surface area contributed by atoms with Crippen LogP contribution in [0, 0.1) is 17.2 Å². The summed E-state index contributed by atoms with van der Waals surface area (Å²) in [5.41, 5.74) is 0.205. The number of nitrogens with one attached hydrogen (secondary N) is 1. The summed E-state index contributed by atoms with van der Waals surface area (Å²) >= 11 is 6.11. The summed E-state index contributed by atoms with van der Waals surface area (Å²) in [5.74, 6) is 0.176. The van der Waals surface area contributed by atoms with Gasteiger partial charge < -0.3 is 15.3 Å². The van der Waals surface area contributed by atoms with Crippen molar-refractivity contribution < 1.29 is 14.7 Å². The molecule has 0 spiro atoms. The summed E-state index contributed by atoms with van der Waals surface area (Å²) < 4.78 is 0. The fourth-order valence-corrected chi connectivity index (χ4v) is 5.76. The third-order valence-corrected chi connectivity index (χ3v) is 7.49. The van der Waals surface area contributed by atoms with Gasteiger partial charge in [0.2, 0.25) is 0 Å². The van der Waals surface area contributed by atoms with E-state index < -0.39 is 11.6 Å². The van der Waals surface area contributed by atoms with Crippen molar-refractivity contribution in [3.05, 3.63) is 58.7 Å². The number of nitriles is 1. The second-order valence-electron chi connectivity index (χ2n) is 9.55. The standard InChI is InChI=1S/C26H30ClN5O3/c1-17(2)32(25(34)35)26(16-29-15-22(26)19-4-6-21(27)7-5-19)24(33)20-9-11-31(12-10-20)23-8-3-18(13-28)14-30-23/h3-8,14,17,20,22,29H,9-12,15-16H2,1-2H3,(H,34,35)/t22-,26+/m0/s1. The van der Waals surface area contributed by atoms with E-state index >= 15 is 0 Å². The highest BCUT2D eigenvalue weighted by Crippen LogP contribution is 2.42. The minimum absolute atomic E-state index is 0.0222. The molecule has 35 heavy (non-hydrogen) atoms. The van der Waals surface area contributed by atoms with Crippen LogP contribution in [0.1, 0.15) is 43.7 Å². The van der Waals surface area contributed by atoms with Gasteiger partial charge in [-0.2, -0.15) is 5.26 Å². The molecule has 1 aromatic carbocycles. The molecular formula is C26H30ClN5O3. The summed E-state index contributed by atoms with van der Waals surface area (Å²) in [7, 11) is 0. The van der Waals surface area contributed by atoms with Crippen molar-refractivity contribution in [1.82, 2.24) is 15.2 Å². The van der Waals surface area contributed by atoms with Gasteiger partial charge in [0.05, 0.1) is 5.56 Å². The lowest BCUT2D eigenvalue weighted by molar-refractivity contribution is -0.136. The second-order valence-corrected chi connectivity index (χ2v) is 9.98. The fraction of sp³-hybridized carbons (Fsp3) is 0.462. The SMILES string of the molecule is CC(C)N(C(=O)O)[C@]1(C(=O)C2CCN(c3ccc(C#N)cn3)CC2)CNC[C@H]1c1ccc(Cl)cc1. The largest absolute Gasteiger partial charge is 0.465 e. The van der Waals surface area contributed by atoms with Crippen molar-refractivity contribution in [2.75, 3.05) is 31.1 Å². The van der Waals surface area contributed by atoms with E-state index in [0.29, 0.717) is 43.1 Å². The Kier molecular flexibility index (Phi) is 7.29. The molecule has 2 N–H and O–H groups in total. The first-order valence-electron chi connectivity index (χ1n) is 11.9. The Morgan fingerprint density at radius 3 is 2.46 bits per heavy atom. The molecule has 2 aromatic rings. The van der Waals surface area contributed by atoms with E-state index in [1.165, 1.54) is 4.90 Å². The van der Waals surface area contributed by atoms with Crippen LogP contribution in [-0.4, -0.2) is 64.6 Å². The first-order valence-corrected chi connectivity index (χ1v) is 12.3. The number of halogens is 1. The predicted molar refractivity (Wildman–Crippen MR) is 134 cm³/mol. The van der Waals surface area contributed by atoms with Gasteiger partial charge in [-0.25, -0.2) is 9.78 Å². The van der Waals surface area contributed by atoms with Gasteiger partial charge in [0.15, 0.2) is 5.78 Å². The molecule has 2 saturated heterocycles. The summed E-state index contributed by atoms with van der Waals surface area (Å²) in [6.45, 7) is 5.70. The normalized spacial score (nSPS) is 22.7. The third-order valence-electron chi connectivity index (χ3n) is 7.24. The van der Waals surface area contributed by atoms with Gasteiger partial charge in [-0.3, -0.25) is 9.69 Å². The smallest absolute Gasteiger partial charge is 0.408 e. The maximum Gasteiger partial charge on any atom is 0.408 e. The van der Waals surface area contributed by atoms with Crippen LogP contribution < -0.4 is 10.2 Å². The Balaban J connectivity index is 1.63. The monoisotopic (exact) mass is 495 g/mol. The van der Waals surface area contributed by atoms with Gasteiger partial charge in [0, 0.05) is 55.3 Å². The molecule has 0 radical (unpaired) electrons. The molecule has 4 rings (SSSR count). The van der Waals surface area contributed by atoms with E-state index in [1.54, 1.807) is 24.4 Å². The summed E-state index contributed by atoms with van der Waals surface area (Å²) in [6, 6.07) is 12.6. The molecule has 0 aliphatic carbocycles. The van der Waals surface area contributed by atoms with E-state index in [9.17, 15) is 14.7 Å². The predicted octanol–water partition coefficient (Wildman–Crippen LogP) is 3.91. The number of nitrogens with zero attached hydrogens (tertiary/aromatic N) is 4. The van der Waals surface area contributed by atoms with Gasteiger partial charge in [-0.15, -0.1) is 0 Å². The molecular weight excluding hydrogens is 466 g/mol. The number of carbonyl (C=O) groups excluding carboxylic acids is 1. The number of benzene rings is 1. The molecule has 184 valence electrons. The zero-order valence-electron chi connectivity index (χ0n) is 19.9. The maximum absolute atomic E-state index is 14.3. The van der Waals surface area contributed by atoms with E-state index in [0.717, 1.165) is 11.4 Å². The number of rotatable bonds is 6. The molecule has 2 atom stereocenters. The van der Waals surface area contributed by atoms with Crippen LogP contribution in [0.25, 0.3) is 0 Å². The molecule has 0 unspecified atom stereocenters. The number of hydrogen-bond donors (Lipinski definition) is 2. The number of piperidine rings is 1. The molecule has 1 amide bonds. The number of amides is 1. The fourth-order valence-electron chi connectivity index (χ4n) is 5.63. The van der Waals surface area contributed by atoms with Crippen LogP contribution in [-0.2, 0) is 4.79 Å². The van der Waals surface area contributed by atoms with Crippen molar-refractivity contribution in [3.63, 3.8) is 0 Å². The Labute approximate surface area is 210 Å². The third kappa shape index (κ3) is 4.71. The van der Waals surface area contributed by atoms with Crippen LogP contribution in [0.15, 0.2) is 42.6 Å². The minimum Gasteiger partial charge on any atom is -0.465 e. The van der Waals surface area contributed by atoms with Crippen molar-refractivity contribution in [3.8, 4) is 6.07 Å². The van der Waals surface area contributed by atoms with Crippen molar-refractivity contribution in [1.29, 1.82) is 5.26 Å². The van der Waals surface area contributed by atoms with Crippen molar-refractivity contribution >= 4 is 29.3 Å². The van der Waals surface area contributed by atoms with Crippen LogP contribution >= 0.6 is 11.6 Å². The Morgan fingerprint density at radius 1 is 1.23 bits per heavy atom. The Hall–Kier alpha value is -3.15. The Morgan fingerprint density at radius 2 is 1.91 bits per heavy atom. The van der Waals surface area contributed by atoms with E-state index in [2.05, 4.69) is 21.3 Å². The Bertz CT molecular complexity index is 1110. The van der Waals surface area contributed by atoms with Crippen molar-refractivity contribution in [2.45, 2.75) is 44.2 Å². The quantitative estimate of drug-likeness (QED) is 0.625. The number of pyridine rings is 1. The number of anilines is 1. The number of hydrogen-bond acceptors (Lipinski definition) is 6. The topological polar surface area (TPSA) is 110 Å².